The van der Waals surface area contributed by atoms with Crippen LogP contribution in [0.5, 0.6) is 5.75 Å². The molecule has 0 aromatic heterocycles. The number of unbranched alkanes of at least 4 members (excludes halogenated alkanes) is 3. The maximum absolute atomic E-state index is 5.89. The van der Waals surface area contributed by atoms with Crippen LogP contribution in [0.2, 0.25) is 0 Å². The molecule has 144 valence electrons. The summed E-state index contributed by atoms with van der Waals surface area (Å²) in [6.45, 7) is 5.29. The van der Waals surface area contributed by atoms with Crippen molar-refractivity contribution in [2.24, 2.45) is 5.41 Å². The van der Waals surface area contributed by atoms with E-state index in [9.17, 15) is 0 Å². The molecule has 0 aliphatic heterocycles. The lowest BCUT2D eigenvalue weighted by atomic mass is 9.51. The summed E-state index contributed by atoms with van der Waals surface area (Å²) in [6, 6.07) is 9.08. The molecule has 0 spiro atoms. The fourth-order valence-corrected chi connectivity index (χ4v) is 5.35. The average molecular weight is 355 g/mol. The van der Waals surface area contributed by atoms with Crippen LogP contribution in [-0.4, -0.2) is 6.61 Å². The van der Waals surface area contributed by atoms with Gasteiger partial charge in [0.05, 0.1) is 0 Å². The molecule has 0 heterocycles. The Hall–Kier alpha value is -1.24. The van der Waals surface area contributed by atoms with Crippen molar-refractivity contribution in [2.45, 2.75) is 96.3 Å². The summed E-state index contributed by atoms with van der Waals surface area (Å²) in [5, 5.41) is 0. The van der Waals surface area contributed by atoms with Gasteiger partial charge in [-0.2, -0.15) is 0 Å². The van der Waals surface area contributed by atoms with Crippen molar-refractivity contribution in [1.29, 1.82) is 0 Å². The van der Waals surface area contributed by atoms with E-state index in [0.29, 0.717) is 17.4 Å². The second-order valence-electron chi connectivity index (χ2n) is 8.83. The summed E-state index contributed by atoms with van der Waals surface area (Å²) in [5.41, 5.74) is 2.72. The molecule has 0 N–H and O–H groups in total. The van der Waals surface area contributed by atoms with E-state index in [1.165, 1.54) is 77.0 Å². The molecule has 1 aromatic rings. The number of benzene rings is 1. The Bertz CT molecular complexity index is 544. The molecule has 0 radical (unpaired) electrons. The van der Waals surface area contributed by atoms with Gasteiger partial charge in [0.15, 0.2) is 0 Å². The number of allylic oxidation sites excluding steroid dienone is 1. The highest BCUT2D eigenvalue weighted by atomic mass is 16.5. The lowest BCUT2D eigenvalue weighted by Gasteiger charge is -2.54. The van der Waals surface area contributed by atoms with Crippen molar-refractivity contribution in [3.8, 4) is 5.75 Å². The van der Waals surface area contributed by atoms with Crippen molar-refractivity contribution in [1.82, 2.24) is 0 Å². The van der Waals surface area contributed by atoms with Gasteiger partial charge in [0.25, 0.3) is 0 Å². The number of fused-ring (bicyclic) bond motifs is 3. The molecule has 3 aliphatic rings. The van der Waals surface area contributed by atoms with Crippen molar-refractivity contribution in [3.63, 3.8) is 0 Å². The zero-order chi connectivity index (χ0) is 18.3. The molecule has 0 amide bonds. The molecule has 4 rings (SSSR count). The number of hydrogen-bond donors (Lipinski definition) is 0. The highest BCUT2D eigenvalue weighted by molar-refractivity contribution is 5.34. The summed E-state index contributed by atoms with van der Waals surface area (Å²) in [4.78, 5) is 0. The van der Waals surface area contributed by atoms with E-state index in [1.54, 1.807) is 5.56 Å². The molecule has 0 saturated heterocycles. The third kappa shape index (κ3) is 4.53. The molecule has 2 bridgehead atoms. The molecule has 0 unspecified atom stereocenters. The smallest absolute Gasteiger partial charge is 0.119 e. The van der Waals surface area contributed by atoms with Gasteiger partial charge in [0.1, 0.15) is 12.4 Å². The Morgan fingerprint density at radius 2 is 1.54 bits per heavy atom. The molecule has 1 aromatic carbocycles. The Kier molecular flexibility index (Phi) is 6.84. The number of rotatable bonds is 10. The fourth-order valence-electron chi connectivity index (χ4n) is 5.35. The molecule has 1 heteroatoms. The first-order valence-electron chi connectivity index (χ1n) is 11.1. The molecule has 3 saturated carbocycles. The van der Waals surface area contributed by atoms with Gasteiger partial charge in [-0.3, -0.25) is 0 Å². The van der Waals surface area contributed by atoms with Crippen LogP contribution in [0.15, 0.2) is 36.4 Å². The summed E-state index contributed by atoms with van der Waals surface area (Å²) < 4.78 is 5.89. The largest absolute Gasteiger partial charge is 0.490 e. The van der Waals surface area contributed by atoms with Gasteiger partial charge in [-0.05, 0) is 86.3 Å². The summed E-state index contributed by atoms with van der Waals surface area (Å²) in [6.07, 6.45) is 20.8. The topological polar surface area (TPSA) is 9.23 Å². The van der Waals surface area contributed by atoms with E-state index in [0.717, 1.165) is 5.75 Å². The number of ether oxygens (including phenoxy) is 1. The van der Waals surface area contributed by atoms with E-state index in [1.807, 2.05) is 0 Å². The predicted octanol–water partition coefficient (Wildman–Crippen LogP) is 7.59. The minimum atomic E-state index is 0.465. The fraction of sp³-hybridized carbons (Fsp3) is 0.680. The standard InChI is InChI=1S/C25H38O/c1-3-5-6-7-8-9-21-26-23-12-10-22(11-13-23)25-18-15-24(14-4-2,16-19-25)17-20-25/h8-13H,3-7,14-21H2,1-2H3. The van der Waals surface area contributed by atoms with Crippen LogP contribution in [-0.2, 0) is 5.41 Å². The monoisotopic (exact) mass is 354 g/mol. The maximum Gasteiger partial charge on any atom is 0.119 e. The third-order valence-electron chi connectivity index (χ3n) is 7.14. The first kappa shape index (κ1) is 19.5. The molecule has 3 aliphatic carbocycles. The normalized spacial score (nSPS) is 27.9. The van der Waals surface area contributed by atoms with Crippen LogP contribution < -0.4 is 4.74 Å². The quantitative estimate of drug-likeness (QED) is 0.310. The van der Waals surface area contributed by atoms with Gasteiger partial charge in [0, 0.05) is 0 Å². The van der Waals surface area contributed by atoms with Crippen LogP contribution in [0.1, 0.15) is 96.5 Å². The maximum atomic E-state index is 5.89. The summed E-state index contributed by atoms with van der Waals surface area (Å²) >= 11 is 0. The van der Waals surface area contributed by atoms with Gasteiger partial charge in [-0.15, -0.1) is 0 Å². The second kappa shape index (κ2) is 9.11. The van der Waals surface area contributed by atoms with Crippen LogP contribution in [0.3, 0.4) is 0 Å². The predicted molar refractivity (Wildman–Crippen MR) is 112 cm³/mol. The van der Waals surface area contributed by atoms with Crippen molar-refractivity contribution >= 4 is 0 Å². The summed E-state index contributed by atoms with van der Waals surface area (Å²) in [7, 11) is 0. The zero-order valence-corrected chi connectivity index (χ0v) is 17.1. The first-order chi connectivity index (χ1) is 12.7. The minimum Gasteiger partial charge on any atom is -0.490 e. The Balaban J connectivity index is 1.49. The minimum absolute atomic E-state index is 0.465. The Morgan fingerprint density at radius 3 is 2.15 bits per heavy atom. The highest BCUT2D eigenvalue weighted by Crippen LogP contribution is 2.59. The van der Waals surface area contributed by atoms with Crippen molar-refractivity contribution < 1.29 is 4.74 Å². The Morgan fingerprint density at radius 1 is 0.846 bits per heavy atom. The van der Waals surface area contributed by atoms with E-state index < -0.39 is 0 Å². The third-order valence-corrected chi connectivity index (χ3v) is 7.14. The highest BCUT2D eigenvalue weighted by Gasteiger charge is 2.48. The van der Waals surface area contributed by atoms with E-state index >= 15 is 0 Å². The Labute approximate surface area is 161 Å². The van der Waals surface area contributed by atoms with Gasteiger partial charge in [0.2, 0.25) is 0 Å². The van der Waals surface area contributed by atoms with Crippen molar-refractivity contribution in [3.05, 3.63) is 42.0 Å². The van der Waals surface area contributed by atoms with Gasteiger partial charge in [-0.25, -0.2) is 0 Å². The zero-order valence-electron chi connectivity index (χ0n) is 17.1. The van der Waals surface area contributed by atoms with E-state index in [-0.39, 0.29) is 0 Å². The number of hydrogen-bond acceptors (Lipinski definition) is 1. The molecule has 1 nitrogen and oxygen atoms in total. The molecule has 0 atom stereocenters. The lowest BCUT2D eigenvalue weighted by molar-refractivity contribution is 0.0320. The van der Waals surface area contributed by atoms with Crippen LogP contribution >= 0.6 is 0 Å². The summed E-state index contributed by atoms with van der Waals surface area (Å²) in [5.74, 6) is 1.01. The van der Waals surface area contributed by atoms with Crippen molar-refractivity contribution in [2.75, 3.05) is 6.61 Å². The van der Waals surface area contributed by atoms with Crippen LogP contribution in [0.4, 0.5) is 0 Å². The van der Waals surface area contributed by atoms with Crippen LogP contribution in [0.25, 0.3) is 0 Å². The van der Waals surface area contributed by atoms with E-state index in [4.69, 9.17) is 4.74 Å². The molecular weight excluding hydrogens is 316 g/mol. The molecular formula is C25H38O. The van der Waals surface area contributed by atoms with E-state index in [2.05, 4.69) is 50.3 Å². The SMILES string of the molecule is CCCCCC=CCOc1ccc(C23CCC(CCC)(CC2)CC3)cc1. The van der Waals surface area contributed by atoms with Crippen LogP contribution in [0, 0.1) is 5.41 Å². The van der Waals surface area contributed by atoms with Gasteiger partial charge >= 0.3 is 0 Å². The molecule has 26 heavy (non-hydrogen) atoms. The molecule has 3 fully saturated rings. The second-order valence-corrected chi connectivity index (χ2v) is 8.83. The van der Waals surface area contributed by atoms with Gasteiger partial charge in [-0.1, -0.05) is 57.4 Å². The van der Waals surface area contributed by atoms with Gasteiger partial charge < -0.3 is 4.74 Å². The lowest BCUT2D eigenvalue weighted by Crippen LogP contribution is -2.44. The first-order valence-corrected chi connectivity index (χ1v) is 11.1. The average Bonchev–Trinajstić information content (AvgIpc) is 2.69.